The van der Waals surface area contributed by atoms with Crippen LogP contribution in [0.2, 0.25) is 0 Å². The van der Waals surface area contributed by atoms with Gasteiger partial charge in [-0.2, -0.15) is 5.26 Å². The second-order valence-corrected chi connectivity index (χ2v) is 13.8. The van der Waals surface area contributed by atoms with Gasteiger partial charge in [-0.1, -0.05) is 41.7 Å². The summed E-state index contributed by atoms with van der Waals surface area (Å²) >= 11 is 3.04. The van der Waals surface area contributed by atoms with Crippen molar-refractivity contribution >= 4 is 45.3 Å². The Labute approximate surface area is 268 Å². The molecule has 0 saturated heterocycles. The highest BCUT2D eigenvalue weighted by Gasteiger charge is 2.34. The number of rotatable bonds is 5. The fraction of sp³-hybridized carbons (Fsp3) is 0.278. The van der Waals surface area contributed by atoms with Crippen molar-refractivity contribution in [2.75, 3.05) is 7.11 Å². The van der Waals surface area contributed by atoms with E-state index in [0.717, 1.165) is 69.5 Å². The molecule has 0 N–H and O–H groups in total. The van der Waals surface area contributed by atoms with E-state index < -0.39 is 6.04 Å². The lowest BCUT2D eigenvalue weighted by atomic mass is 9.89. The number of thiophene rings is 1. The zero-order valence-electron chi connectivity index (χ0n) is 25.9. The minimum absolute atomic E-state index is 0.138. The first-order valence-electron chi connectivity index (χ1n) is 15.1. The molecule has 7 nitrogen and oxygen atoms in total. The lowest BCUT2D eigenvalue weighted by molar-refractivity contribution is -0.114. The van der Waals surface area contributed by atoms with E-state index in [4.69, 9.17) is 9.73 Å². The van der Waals surface area contributed by atoms with Crippen LogP contribution in [-0.2, 0) is 17.6 Å². The van der Waals surface area contributed by atoms with Crippen molar-refractivity contribution in [2.24, 2.45) is 4.99 Å². The number of benzene rings is 2. The molecule has 0 fully saturated rings. The van der Waals surface area contributed by atoms with Gasteiger partial charge in [-0.25, -0.2) is 4.99 Å². The SMILES string of the molecule is COc1ccc2ccccc2c1C1C(C(C)=O)=C(C)N=c2sc(=Cc3cc(C)n(-c4sc5c(c4C#N)CCCC5)c3C)c(=O)n21. The van der Waals surface area contributed by atoms with Gasteiger partial charge < -0.3 is 9.30 Å². The van der Waals surface area contributed by atoms with Crippen LogP contribution in [0.25, 0.3) is 21.8 Å². The van der Waals surface area contributed by atoms with Crippen molar-refractivity contribution < 1.29 is 9.53 Å². The molecule has 0 saturated carbocycles. The number of methoxy groups -OCH3 is 1. The molecule has 226 valence electrons. The number of aryl methyl sites for hydroxylation is 2. The monoisotopic (exact) mass is 632 g/mol. The number of ketones is 1. The van der Waals surface area contributed by atoms with Crippen LogP contribution in [0, 0.1) is 25.2 Å². The molecule has 0 amide bonds. The predicted octanol–water partition coefficient (Wildman–Crippen LogP) is 6.21. The van der Waals surface area contributed by atoms with E-state index in [1.165, 1.54) is 28.7 Å². The van der Waals surface area contributed by atoms with Gasteiger partial charge >= 0.3 is 0 Å². The Bertz CT molecular complexity index is 2320. The topological polar surface area (TPSA) is 89.4 Å². The van der Waals surface area contributed by atoms with Crippen LogP contribution in [0.1, 0.15) is 71.2 Å². The number of hydrogen-bond donors (Lipinski definition) is 0. The zero-order valence-corrected chi connectivity index (χ0v) is 27.5. The van der Waals surface area contributed by atoms with Crippen molar-refractivity contribution in [3.05, 3.63) is 112 Å². The fourth-order valence-corrected chi connectivity index (χ4v) is 9.48. The number of thiazole rings is 1. The number of carbonyl (C=O) groups excluding carboxylic acids is 1. The predicted molar refractivity (Wildman–Crippen MR) is 179 cm³/mol. The second kappa shape index (κ2) is 11.1. The van der Waals surface area contributed by atoms with Crippen molar-refractivity contribution in [3.63, 3.8) is 0 Å². The highest BCUT2D eigenvalue weighted by atomic mass is 32.1. The third-order valence-electron chi connectivity index (χ3n) is 9.05. The third-order valence-corrected chi connectivity index (χ3v) is 11.3. The number of nitrogens with zero attached hydrogens (tertiary/aromatic N) is 4. The summed E-state index contributed by atoms with van der Waals surface area (Å²) < 4.78 is 10.2. The van der Waals surface area contributed by atoms with Crippen molar-refractivity contribution in [1.29, 1.82) is 5.26 Å². The highest BCUT2D eigenvalue weighted by Crippen LogP contribution is 2.41. The van der Waals surface area contributed by atoms with E-state index in [9.17, 15) is 14.9 Å². The number of allylic oxidation sites excluding steroid dienone is 2. The number of Topliss-reactive ketones (excluding diaryl/α,β-unsaturated/α-hetero) is 1. The molecular weight excluding hydrogens is 601 g/mol. The molecule has 2 aliphatic rings. The molecule has 1 aliphatic heterocycles. The molecule has 2 aromatic carbocycles. The molecule has 1 unspecified atom stereocenters. The van der Waals surface area contributed by atoms with Crippen LogP contribution < -0.4 is 19.6 Å². The maximum absolute atomic E-state index is 14.4. The molecule has 0 bridgehead atoms. The maximum atomic E-state index is 14.4. The van der Waals surface area contributed by atoms with Crippen molar-refractivity contribution in [1.82, 2.24) is 9.13 Å². The van der Waals surface area contributed by atoms with Gasteiger partial charge in [0, 0.05) is 33.1 Å². The smallest absolute Gasteiger partial charge is 0.271 e. The lowest BCUT2D eigenvalue weighted by Crippen LogP contribution is -2.39. The Kier molecular flexibility index (Phi) is 7.22. The maximum Gasteiger partial charge on any atom is 0.271 e. The summed E-state index contributed by atoms with van der Waals surface area (Å²) in [5.74, 6) is 0.471. The number of hydrogen-bond acceptors (Lipinski definition) is 7. The van der Waals surface area contributed by atoms with E-state index in [-0.39, 0.29) is 11.3 Å². The second-order valence-electron chi connectivity index (χ2n) is 11.7. The van der Waals surface area contributed by atoms with Crippen molar-refractivity contribution in [3.8, 4) is 16.8 Å². The molecule has 1 atom stereocenters. The summed E-state index contributed by atoms with van der Waals surface area (Å²) in [7, 11) is 1.61. The minimum Gasteiger partial charge on any atom is -0.496 e. The van der Waals surface area contributed by atoms with Gasteiger partial charge in [-0.3, -0.25) is 14.2 Å². The Balaban J connectivity index is 1.44. The summed E-state index contributed by atoms with van der Waals surface area (Å²) in [4.78, 5) is 34.2. The Morgan fingerprint density at radius 2 is 1.89 bits per heavy atom. The average molecular weight is 633 g/mol. The molecule has 9 heteroatoms. The summed E-state index contributed by atoms with van der Waals surface area (Å²) in [6.45, 7) is 7.44. The van der Waals surface area contributed by atoms with E-state index in [1.54, 1.807) is 23.0 Å². The standard InChI is InChI=1S/C36H32N4O3S2/c1-19-16-24(21(3)39(19)35-27(18-37)26-12-8-9-13-29(26)44-35)17-30-34(42)40-33(31(22(4)41)20(2)38-36(40)45-30)32-25-11-7-6-10-23(25)14-15-28(32)43-5/h6-7,10-11,14-17,33H,8-9,12-13H2,1-5H3. The van der Waals surface area contributed by atoms with E-state index in [1.807, 2.05) is 63.2 Å². The Morgan fingerprint density at radius 1 is 1.11 bits per heavy atom. The van der Waals surface area contributed by atoms with Crippen LogP contribution in [0.3, 0.4) is 0 Å². The number of carbonyl (C=O) groups is 1. The molecule has 4 heterocycles. The highest BCUT2D eigenvalue weighted by molar-refractivity contribution is 7.15. The summed E-state index contributed by atoms with van der Waals surface area (Å²) in [5, 5.41) is 13.0. The number of ether oxygens (including phenoxy) is 1. The van der Waals surface area contributed by atoms with E-state index >= 15 is 0 Å². The normalized spacial score (nSPS) is 16.4. The molecule has 3 aromatic heterocycles. The first kappa shape index (κ1) is 29.2. The van der Waals surface area contributed by atoms with Crippen LogP contribution in [0.4, 0.5) is 0 Å². The summed E-state index contributed by atoms with van der Waals surface area (Å²) in [6.07, 6.45) is 6.17. The summed E-state index contributed by atoms with van der Waals surface area (Å²) in [5.41, 5.74) is 6.51. The van der Waals surface area contributed by atoms with Gasteiger partial charge in [0.15, 0.2) is 10.6 Å². The average Bonchev–Trinajstić information content (AvgIpc) is 3.64. The number of nitriles is 1. The van der Waals surface area contributed by atoms with E-state index in [2.05, 4.69) is 16.7 Å². The first-order valence-corrected chi connectivity index (χ1v) is 16.7. The van der Waals surface area contributed by atoms with Crippen LogP contribution in [0.5, 0.6) is 5.75 Å². The van der Waals surface area contributed by atoms with Gasteiger partial charge in [-0.15, -0.1) is 11.3 Å². The van der Waals surface area contributed by atoms with Gasteiger partial charge in [0.1, 0.15) is 16.8 Å². The Morgan fingerprint density at radius 3 is 2.64 bits per heavy atom. The lowest BCUT2D eigenvalue weighted by Gasteiger charge is -2.27. The largest absolute Gasteiger partial charge is 0.496 e. The molecule has 7 rings (SSSR count). The third kappa shape index (κ3) is 4.54. The molecule has 1 aliphatic carbocycles. The Hall–Kier alpha value is -4.52. The fourth-order valence-electron chi connectivity index (χ4n) is 6.99. The van der Waals surface area contributed by atoms with Gasteiger partial charge in [0.05, 0.1) is 23.2 Å². The van der Waals surface area contributed by atoms with Crippen LogP contribution >= 0.6 is 22.7 Å². The first-order chi connectivity index (χ1) is 21.7. The quantitative estimate of drug-likeness (QED) is 0.231. The minimum atomic E-state index is -0.690. The van der Waals surface area contributed by atoms with Crippen LogP contribution in [-0.4, -0.2) is 22.0 Å². The van der Waals surface area contributed by atoms with Gasteiger partial charge in [-0.05, 0) is 93.5 Å². The van der Waals surface area contributed by atoms with Crippen molar-refractivity contribution in [2.45, 2.75) is 59.4 Å². The van der Waals surface area contributed by atoms with Crippen LogP contribution in [0.15, 0.2) is 63.5 Å². The number of fused-ring (bicyclic) bond motifs is 3. The zero-order chi connectivity index (χ0) is 31.6. The van der Waals surface area contributed by atoms with Gasteiger partial charge in [0.2, 0.25) is 0 Å². The van der Waals surface area contributed by atoms with E-state index in [0.29, 0.717) is 26.4 Å². The summed E-state index contributed by atoms with van der Waals surface area (Å²) in [6, 6.07) is 15.7. The molecular formula is C36H32N4O3S2. The molecule has 45 heavy (non-hydrogen) atoms. The number of aromatic nitrogens is 2. The molecule has 0 spiro atoms. The molecule has 0 radical (unpaired) electrons. The molecule has 5 aromatic rings. The van der Waals surface area contributed by atoms with Gasteiger partial charge in [0.25, 0.3) is 5.56 Å².